The molecule has 1 aromatic carbocycles. The summed E-state index contributed by atoms with van der Waals surface area (Å²) < 4.78 is 71.3. The van der Waals surface area contributed by atoms with Crippen LogP contribution in [0.1, 0.15) is 11.1 Å². The van der Waals surface area contributed by atoms with E-state index in [-0.39, 0.29) is 6.54 Å². The third kappa shape index (κ3) is 4.32. The van der Waals surface area contributed by atoms with Crippen LogP contribution in [0.5, 0.6) is 0 Å². The molecular formula is C17H12ClF3N2O3S. The monoisotopic (exact) mass is 416 g/mol. The lowest BCUT2D eigenvalue weighted by Crippen LogP contribution is -2.24. The van der Waals surface area contributed by atoms with Crippen molar-refractivity contribution in [3.63, 3.8) is 0 Å². The van der Waals surface area contributed by atoms with Crippen LogP contribution in [0, 0.1) is 0 Å². The fourth-order valence-electron chi connectivity index (χ4n) is 2.36. The highest BCUT2D eigenvalue weighted by atomic mass is 35.5. The summed E-state index contributed by atoms with van der Waals surface area (Å²) in [5.74, 6) is 0.440. The van der Waals surface area contributed by atoms with Gasteiger partial charge in [-0.25, -0.2) is 13.1 Å². The lowest BCUT2D eigenvalue weighted by molar-refractivity contribution is -0.137. The number of sulfonamides is 1. The normalized spacial score (nSPS) is 12.3. The first kappa shape index (κ1) is 19.4. The predicted octanol–water partition coefficient (Wildman–Crippen LogP) is 4.49. The molecule has 0 aliphatic heterocycles. The maximum atomic E-state index is 13.0. The first-order valence-electron chi connectivity index (χ1n) is 7.52. The number of nitrogens with one attached hydrogen (secondary N) is 1. The van der Waals surface area contributed by atoms with Gasteiger partial charge in [-0.05, 0) is 42.0 Å². The van der Waals surface area contributed by atoms with Crippen molar-refractivity contribution in [1.82, 2.24) is 9.71 Å². The number of hydrogen-bond donors (Lipinski definition) is 1. The molecule has 0 atom stereocenters. The third-order valence-corrected chi connectivity index (χ3v) is 5.38. The second-order valence-corrected chi connectivity index (χ2v) is 7.63. The van der Waals surface area contributed by atoms with Gasteiger partial charge in [0, 0.05) is 12.7 Å². The van der Waals surface area contributed by atoms with Crippen molar-refractivity contribution in [3.05, 3.63) is 71.1 Å². The molecule has 3 aromatic rings. The Balaban J connectivity index is 1.87. The van der Waals surface area contributed by atoms with E-state index in [0.29, 0.717) is 23.1 Å². The van der Waals surface area contributed by atoms with Crippen LogP contribution in [0.2, 0.25) is 5.02 Å². The zero-order chi connectivity index (χ0) is 19.7. The molecule has 0 saturated heterocycles. The molecule has 10 heteroatoms. The maximum Gasteiger partial charge on any atom is 0.417 e. The highest BCUT2D eigenvalue weighted by Gasteiger charge is 2.34. The van der Waals surface area contributed by atoms with Crippen molar-refractivity contribution in [2.45, 2.75) is 17.6 Å². The molecule has 0 amide bonds. The molecule has 0 spiro atoms. The SMILES string of the molecule is O=S(=O)(NCc1cccnc1-c1ccco1)c1ccc(Cl)c(C(F)(F)F)c1. The van der Waals surface area contributed by atoms with Gasteiger partial charge in [0.25, 0.3) is 0 Å². The lowest BCUT2D eigenvalue weighted by atomic mass is 10.1. The van der Waals surface area contributed by atoms with Gasteiger partial charge in [0.2, 0.25) is 10.0 Å². The van der Waals surface area contributed by atoms with Crippen LogP contribution < -0.4 is 4.72 Å². The number of rotatable bonds is 5. The van der Waals surface area contributed by atoms with E-state index in [2.05, 4.69) is 9.71 Å². The van der Waals surface area contributed by atoms with Crippen molar-refractivity contribution in [1.29, 1.82) is 0 Å². The molecule has 2 heterocycles. The molecule has 1 N–H and O–H groups in total. The van der Waals surface area contributed by atoms with Crippen LogP contribution in [0.4, 0.5) is 13.2 Å². The second kappa shape index (κ2) is 7.34. The Hall–Kier alpha value is -2.36. The standard InChI is InChI=1S/C17H12ClF3N2O3S/c18-14-6-5-12(9-13(14)17(19,20)21)27(24,25)23-10-11-3-1-7-22-16(11)15-4-2-8-26-15/h1-9,23H,10H2. The van der Waals surface area contributed by atoms with Crippen molar-refractivity contribution in [3.8, 4) is 11.5 Å². The van der Waals surface area contributed by atoms with E-state index in [1.165, 1.54) is 12.5 Å². The summed E-state index contributed by atoms with van der Waals surface area (Å²) in [5, 5.41) is -0.575. The van der Waals surface area contributed by atoms with E-state index >= 15 is 0 Å². The molecule has 0 bridgehead atoms. The van der Waals surface area contributed by atoms with Crippen molar-refractivity contribution in [2.75, 3.05) is 0 Å². The van der Waals surface area contributed by atoms with Gasteiger partial charge in [0.05, 0.1) is 21.7 Å². The minimum absolute atomic E-state index is 0.184. The van der Waals surface area contributed by atoms with E-state index in [1.54, 1.807) is 24.3 Å². The zero-order valence-corrected chi connectivity index (χ0v) is 15.1. The number of alkyl halides is 3. The summed E-state index contributed by atoms with van der Waals surface area (Å²) in [7, 11) is -4.21. The highest BCUT2D eigenvalue weighted by Crippen LogP contribution is 2.36. The molecule has 3 rings (SSSR count). The van der Waals surface area contributed by atoms with E-state index in [0.717, 1.165) is 12.1 Å². The lowest BCUT2D eigenvalue weighted by Gasteiger charge is -2.12. The molecule has 27 heavy (non-hydrogen) atoms. The molecule has 0 aliphatic rings. The third-order valence-electron chi connectivity index (χ3n) is 3.65. The van der Waals surface area contributed by atoms with Crippen molar-refractivity contribution >= 4 is 21.6 Å². The number of benzene rings is 1. The van der Waals surface area contributed by atoms with Crippen LogP contribution in [-0.4, -0.2) is 13.4 Å². The Morgan fingerprint density at radius 3 is 2.59 bits per heavy atom. The van der Waals surface area contributed by atoms with Crippen LogP contribution in [0.25, 0.3) is 11.5 Å². The molecule has 0 radical (unpaired) electrons. The van der Waals surface area contributed by atoms with Crippen molar-refractivity contribution < 1.29 is 26.0 Å². The summed E-state index contributed by atoms with van der Waals surface area (Å²) in [5.41, 5.74) is -0.289. The molecule has 5 nitrogen and oxygen atoms in total. The maximum absolute atomic E-state index is 13.0. The van der Waals surface area contributed by atoms with Gasteiger partial charge in [-0.15, -0.1) is 0 Å². The minimum atomic E-state index is -4.77. The van der Waals surface area contributed by atoms with Gasteiger partial charge < -0.3 is 4.42 Å². The van der Waals surface area contributed by atoms with Crippen LogP contribution in [-0.2, 0) is 22.7 Å². The molecule has 0 aliphatic carbocycles. The Morgan fingerprint density at radius 2 is 1.93 bits per heavy atom. The first-order chi connectivity index (χ1) is 12.7. The minimum Gasteiger partial charge on any atom is -0.463 e. The summed E-state index contributed by atoms with van der Waals surface area (Å²) in [6.07, 6.45) is -1.80. The number of aromatic nitrogens is 1. The topological polar surface area (TPSA) is 72.2 Å². The summed E-state index contributed by atoms with van der Waals surface area (Å²) >= 11 is 5.53. The Morgan fingerprint density at radius 1 is 1.15 bits per heavy atom. The van der Waals surface area contributed by atoms with Crippen LogP contribution >= 0.6 is 11.6 Å². The second-order valence-electron chi connectivity index (χ2n) is 5.45. The van der Waals surface area contributed by atoms with Crippen molar-refractivity contribution in [2.24, 2.45) is 0 Å². The average molecular weight is 417 g/mol. The largest absolute Gasteiger partial charge is 0.463 e. The number of nitrogens with zero attached hydrogens (tertiary/aromatic N) is 1. The fourth-order valence-corrected chi connectivity index (χ4v) is 3.62. The van der Waals surface area contributed by atoms with Gasteiger partial charge in [-0.2, -0.15) is 13.2 Å². The molecule has 2 aromatic heterocycles. The van der Waals surface area contributed by atoms with Gasteiger partial charge in [-0.3, -0.25) is 4.98 Å². The molecule has 0 fully saturated rings. The molecule has 142 valence electrons. The average Bonchev–Trinajstić information content (AvgIpc) is 3.14. The van der Waals surface area contributed by atoms with Gasteiger partial charge in [-0.1, -0.05) is 17.7 Å². The smallest absolute Gasteiger partial charge is 0.417 e. The fraction of sp³-hybridized carbons (Fsp3) is 0.118. The molecular weight excluding hydrogens is 405 g/mol. The molecule has 0 saturated carbocycles. The van der Waals surface area contributed by atoms with Gasteiger partial charge in [0.1, 0.15) is 5.69 Å². The van der Waals surface area contributed by atoms with E-state index in [9.17, 15) is 21.6 Å². The van der Waals surface area contributed by atoms with Gasteiger partial charge >= 0.3 is 6.18 Å². The Labute approximate surface area is 157 Å². The van der Waals surface area contributed by atoms with E-state index < -0.39 is 31.7 Å². The number of pyridine rings is 1. The number of hydrogen-bond acceptors (Lipinski definition) is 4. The highest BCUT2D eigenvalue weighted by molar-refractivity contribution is 7.89. The van der Waals surface area contributed by atoms with Gasteiger partial charge in [0.15, 0.2) is 5.76 Å². The predicted molar refractivity (Wildman–Crippen MR) is 92.4 cm³/mol. The summed E-state index contributed by atoms with van der Waals surface area (Å²) in [6.45, 7) is -0.184. The first-order valence-corrected chi connectivity index (χ1v) is 9.39. The van der Waals surface area contributed by atoms with E-state index in [1.807, 2.05) is 0 Å². The summed E-state index contributed by atoms with van der Waals surface area (Å²) in [6, 6.07) is 8.98. The number of halogens is 4. The zero-order valence-electron chi connectivity index (χ0n) is 13.5. The van der Waals surface area contributed by atoms with Crippen LogP contribution in [0.3, 0.4) is 0 Å². The molecule has 0 unspecified atom stereocenters. The Kier molecular flexibility index (Phi) is 5.27. The quantitative estimate of drug-likeness (QED) is 0.665. The van der Waals surface area contributed by atoms with E-state index in [4.69, 9.17) is 16.0 Å². The summed E-state index contributed by atoms with van der Waals surface area (Å²) in [4.78, 5) is 3.62. The van der Waals surface area contributed by atoms with Crippen LogP contribution in [0.15, 0.2) is 64.2 Å². The Bertz CT molecular complexity index is 1050. The number of furan rings is 1.